The molecule has 1 unspecified atom stereocenters. The van der Waals surface area contributed by atoms with E-state index in [1.54, 1.807) is 6.07 Å². The van der Waals surface area contributed by atoms with Crippen LogP contribution in [0.1, 0.15) is 41.2 Å². The summed E-state index contributed by atoms with van der Waals surface area (Å²) in [6, 6.07) is 8.45. The predicted molar refractivity (Wildman–Crippen MR) is 90.8 cm³/mol. The molecule has 126 valence electrons. The first-order chi connectivity index (χ1) is 11.4. The first-order valence-corrected chi connectivity index (χ1v) is 7.82. The summed E-state index contributed by atoms with van der Waals surface area (Å²) in [5.74, 6) is -1.43. The standard InChI is InChI=1S/C17H17ClFN3O2/c1-3-10(2)20-16(23)14-5-4-6-15(22-14)17(24)21-11-7-8-13(19)12(18)9-11/h4-10H,3H2,1-2H3,(H,20,23)(H,21,24). The molecule has 0 saturated carbocycles. The highest BCUT2D eigenvalue weighted by Gasteiger charge is 2.14. The summed E-state index contributed by atoms with van der Waals surface area (Å²) >= 11 is 5.68. The lowest BCUT2D eigenvalue weighted by Gasteiger charge is -2.11. The Bertz CT molecular complexity index is 767. The number of rotatable bonds is 5. The molecule has 0 bridgehead atoms. The van der Waals surface area contributed by atoms with Gasteiger partial charge < -0.3 is 10.6 Å². The van der Waals surface area contributed by atoms with Crippen molar-refractivity contribution in [2.75, 3.05) is 5.32 Å². The monoisotopic (exact) mass is 349 g/mol. The first-order valence-electron chi connectivity index (χ1n) is 7.45. The summed E-state index contributed by atoms with van der Waals surface area (Å²) in [4.78, 5) is 28.4. The predicted octanol–water partition coefficient (Wildman–Crippen LogP) is 3.65. The normalized spacial score (nSPS) is 11.7. The van der Waals surface area contributed by atoms with Gasteiger partial charge in [0.2, 0.25) is 0 Å². The molecular formula is C17H17ClFN3O2. The average molecular weight is 350 g/mol. The largest absolute Gasteiger partial charge is 0.348 e. The minimum Gasteiger partial charge on any atom is -0.348 e. The minimum absolute atomic E-state index is 0.0122. The van der Waals surface area contributed by atoms with Crippen molar-refractivity contribution in [3.8, 4) is 0 Å². The van der Waals surface area contributed by atoms with E-state index >= 15 is 0 Å². The van der Waals surface area contributed by atoms with Crippen molar-refractivity contribution in [3.05, 3.63) is 58.6 Å². The van der Waals surface area contributed by atoms with Crippen molar-refractivity contribution >= 4 is 29.1 Å². The van der Waals surface area contributed by atoms with Crippen LogP contribution in [0.3, 0.4) is 0 Å². The number of hydrogen-bond acceptors (Lipinski definition) is 3. The van der Waals surface area contributed by atoms with Gasteiger partial charge in [0.25, 0.3) is 11.8 Å². The summed E-state index contributed by atoms with van der Waals surface area (Å²) in [7, 11) is 0. The molecule has 2 amide bonds. The number of halogens is 2. The summed E-state index contributed by atoms with van der Waals surface area (Å²) < 4.78 is 13.1. The van der Waals surface area contributed by atoms with E-state index in [0.717, 1.165) is 12.5 Å². The third kappa shape index (κ3) is 4.52. The molecule has 2 aromatic rings. The van der Waals surface area contributed by atoms with Crippen LogP contribution in [0.5, 0.6) is 0 Å². The number of nitrogens with one attached hydrogen (secondary N) is 2. The molecule has 24 heavy (non-hydrogen) atoms. The van der Waals surface area contributed by atoms with Gasteiger partial charge in [0.15, 0.2) is 0 Å². The van der Waals surface area contributed by atoms with Crippen LogP contribution in [-0.2, 0) is 0 Å². The SMILES string of the molecule is CCC(C)NC(=O)c1cccc(C(=O)Nc2ccc(F)c(Cl)c2)n1. The van der Waals surface area contributed by atoms with Crippen molar-refractivity contribution in [2.24, 2.45) is 0 Å². The van der Waals surface area contributed by atoms with Crippen LogP contribution < -0.4 is 10.6 Å². The smallest absolute Gasteiger partial charge is 0.274 e. The Labute approximate surface area is 144 Å². The van der Waals surface area contributed by atoms with E-state index in [0.29, 0.717) is 5.69 Å². The van der Waals surface area contributed by atoms with Crippen molar-refractivity contribution in [1.29, 1.82) is 0 Å². The van der Waals surface area contributed by atoms with Gasteiger partial charge in [-0.05, 0) is 43.7 Å². The van der Waals surface area contributed by atoms with E-state index in [-0.39, 0.29) is 28.4 Å². The molecule has 0 aliphatic rings. The van der Waals surface area contributed by atoms with Gasteiger partial charge in [-0.3, -0.25) is 9.59 Å². The maximum atomic E-state index is 13.1. The van der Waals surface area contributed by atoms with Gasteiger partial charge in [0, 0.05) is 11.7 Å². The van der Waals surface area contributed by atoms with Crippen molar-refractivity contribution in [2.45, 2.75) is 26.3 Å². The second-order valence-electron chi connectivity index (χ2n) is 5.27. The summed E-state index contributed by atoms with van der Waals surface area (Å²) in [6.45, 7) is 3.84. The maximum absolute atomic E-state index is 13.1. The quantitative estimate of drug-likeness (QED) is 0.865. The minimum atomic E-state index is -0.573. The van der Waals surface area contributed by atoms with Gasteiger partial charge in [0.1, 0.15) is 17.2 Å². The molecule has 0 fully saturated rings. The lowest BCUT2D eigenvalue weighted by atomic mass is 10.2. The van der Waals surface area contributed by atoms with E-state index in [9.17, 15) is 14.0 Å². The highest BCUT2D eigenvalue weighted by atomic mass is 35.5. The van der Waals surface area contributed by atoms with Crippen LogP contribution in [0, 0.1) is 5.82 Å². The lowest BCUT2D eigenvalue weighted by Crippen LogP contribution is -2.32. The molecule has 1 aromatic heterocycles. The van der Waals surface area contributed by atoms with Crippen LogP contribution in [0.25, 0.3) is 0 Å². The lowest BCUT2D eigenvalue weighted by molar-refractivity contribution is 0.0934. The second-order valence-corrected chi connectivity index (χ2v) is 5.68. The van der Waals surface area contributed by atoms with E-state index in [1.807, 2.05) is 13.8 Å². The Balaban J connectivity index is 2.13. The van der Waals surface area contributed by atoms with Crippen LogP contribution in [0.2, 0.25) is 5.02 Å². The number of carbonyl (C=O) groups excluding carboxylic acids is 2. The molecule has 5 nitrogen and oxygen atoms in total. The molecule has 7 heteroatoms. The van der Waals surface area contributed by atoms with E-state index in [4.69, 9.17) is 11.6 Å². The van der Waals surface area contributed by atoms with Gasteiger partial charge in [-0.25, -0.2) is 9.37 Å². The second kappa shape index (κ2) is 7.88. The molecule has 0 aliphatic heterocycles. The Morgan fingerprint density at radius 1 is 1.21 bits per heavy atom. The van der Waals surface area contributed by atoms with Crippen LogP contribution in [-0.4, -0.2) is 22.8 Å². The zero-order valence-corrected chi connectivity index (χ0v) is 14.0. The zero-order valence-electron chi connectivity index (χ0n) is 13.3. The fourth-order valence-corrected chi connectivity index (χ4v) is 2.04. The van der Waals surface area contributed by atoms with Crippen molar-refractivity contribution in [3.63, 3.8) is 0 Å². The van der Waals surface area contributed by atoms with Gasteiger partial charge in [-0.1, -0.05) is 24.6 Å². The number of hydrogen-bond donors (Lipinski definition) is 2. The third-order valence-corrected chi connectivity index (χ3v) is 3.67. The van der Waals surface area contributed by atoms with Gasteiger partial charge in [-0.15, -0.1) is 0 Å². The van der Waals surface area contributed by atoms with Crippen molar-refractivity contribution in [1.82, 2.24) is 10.3 Å². The molecule has 1 atom stereocenters. The fourth-order valence-electron chi connectivity index (χ4n) is 1.86. The molecule has 2 N–H and O–H groups in total. The first kappa shape index (κ1) is 17.9. The van der Waals surface area contributed by atoms with Gasteiger partial charge in [-0.2, -0.15) is 0 Å². The highest BCUT2D eigenvalue weighted by Crippen LogP contribution is 2.19. The zero-order chi connectivity index (χ0) is 17.7. The molecule has 2 rings (SSSR count). The van der Waals surface area contributed by atoms with Crippen LogP contribution in [0.4, 0.5) is 10.1 Å². The van der Waals surface area contributed by atoms with Crippen LogP contribution >= 0.6 is 11.6 Å². The highest BCUT2D eigenvalue weighted by molar-refractivity contribution is 6.31. The van der Waals surface area contributed by atoms with Crippen LogP contribution in [0.15, 0.2) is 36.4 Å². The maximum Gasteiger partial charge on any atom is 0.274 e. The molecule has 0 spiro atoms. The number of anilines is 1. The summed E-state index contributed by atoms with van der Waals surface area (Å²) in [6.07, 6.45) is 0.789. The van der Waals surface area contributed by atoms with Gasteiger partial charge in [0.05, 0.1) is 5.02 Å². The molecule has 0 saturated heterocycles. The number of carbonyl (C=O) groups is 2. The van der Waals surface area contributed by atoms with E-state index in [1.165, 1.54) is 24.3 Å². The average Bonchev–Trinajstić information content (AvgIpc) is 2.58. The van der Waals surface area contributed by atoms with Crippen molar-refractivity contribution < 1.29 is 14.0 Å². The summed E-state index contributed by atoms with van der Waals surface area (Å²) in [5, 5.41) is 5.25. The number of aromatic nitrogens is 1. The summed E-state index contributed by atoms with van der Waals surface area (Å²) in [5.41, 5.74) is 0.565. The number of amides is 2. The molecular weight excluding hydrogens is 333 g/mol. The topological polar surface area (TPSA) is 71.1 Å². The van der Waals surface area contributed by atoms with Gasteiger partial charge >= 0.3 is 0 Å². The Kier molecular flexibility index (Phi) is 5.87. The number of benzene rings is 1. The number of nitrogens with zero attached hydrogens (tertiary/aromatic N) is 1. The fraction of sp³-hybridized carbons (Fsp3) is 0.235. The third-order valence-electron chi connectivity index (χ3n) is 3.38. The Morgan fingerprint density at radius 2 is 1.88 bits per heavy atom. The Morgan fingerprint density at radius 3 is 2.50 bits per heavy atom. The van der Waals surface area contributed by atoms with E-state index in [2.05, 4.69) is 15.6 Å². The molecule has 0 radical (unpaired) electrons. The molecule has 0 aliphatic carbocycles. The molecule has 1 aromatic carbocycles. The molecule has 1 heterocycles. The van der Waals surface area contributed by atoms with E-state index < -0.39 is 11.7 Å². The Hall–Kier alpha value is -2.47. The number of pyridine rings is 1.